The van der Waals surface area contributed by atoms with Crippen LogP contribution in [0.5, 0.6) is 0 Å². The van der Waals surface area contributed by atoms with Crippen LogP contribution in [-0.2, 0) is 0 Å². The van der Waals surface area contributed by atoms with Gasteiger partial charge in [-0.15, -0.1) is 11.3 Å². The molecule has 0 aromatic carbocycles. The predicted octanol–water partition coefficient (Wildman–Crippen LogP) is 3.23. The molecule has 0 spiro atoms. The maximum absolute atomic E-state index is 11.9. The van der Waals surface area contributed by atoms with Crippen molar-refractivity contribution in [2.75, 3.05) is 5.32 Å². The molecule has 0 aliphatic carbocycles. The molecule has 2 aromatic rings. The van der Waals surface area contributed by atoms with E-state index in [1.807, 2.05) is 25.3 Å². The largest absolute Gasteiger partial charge is 0.359 e. The van der Waals surface area contributed by atoms with E-state index in [4.69, 9.17) is 0 Å². The van der Waals surface area contributed by atoms with Crippen molar-refractivity contribution >= 4 is 16.5 Å². The third kappa shape index (κ3) is 3.25. The molecule has 2 rings (SSSR count). The molecule has 0 aliphatic heterocycles. The Morgan fingerprint density at radius 2 is 2.15 bits per heavy atom. The molecule has 5 nitrogen and oxygen atoms in total. The van der Waals surface area contributed by atoms with E-state index in [-0.39, 0.29) is 11.5 Å². The smallest absolute Gasteiger partial charge is 0.273 e. The number of anilines is 1. The van der Waals surface area contributed by atoms with Gasteiger partial charge in [0, 0.05) is 11.4 Å². The summed E-state index contributed by atoms with van der Waals surface area (Å²) in [7, 11) is 0. The summed E-state index contributed by atoms with van der Waals surface area (Å²) in [6.07, 6.45) is 1.03. The third-order valence-corrected chi connectivity index (χ3v) is 3.95. The Kier molecular flexibility index (Phi) is 4.54. The lowest BCUT2D eigenvalue weighted by atomic mass is 10.1. The normalized spacial score (nSPS) is 12.7. The molecule has 2 N–H and O–H groups in total. The lowest BCUT2D eigenvalue weighted by molar-refractivity contribution is 0.762. The van der Waals surface area contributed by atoms with E-state index in [1.54, 1.807) is 0 Å². The second kappa shape index (κ2) is 6.17. The van der Waals surface area contributed by atoms with E-state index in [0.29, 0.717) is 17.3 Å². The summed E-state index contributed by atoms with van der Waals surface area (Å²) in [6.45, 7) is 8.31. The third-order valence-electron chi connectivity index (χ3n) is 3.18. The van der Waals surface area contributed by atoms with Crippen LogP contribution in [0.1, 0.15) is 45.7 Å². The van der Waals surface area contributed by atoms with Gasteiger partial charge < -0.3 is 5.32 Å². The Balaban J connectivity index is 2.32. The number of nitrogens with one attached hydrogen (secondary N) is 2. The standard InChI is InChI=1S/C14H20N4OS/c1-5-9(4)15-14-16-12(7-20-14)10-6-11(8(2)3)17-18-13(10)19/h6-9H,5H2,1-4H3,(H,15,16)(H,18,19). The summed E-state index contributed by atoms with van der Waals surface area (Å²) in [5, 5.41) is 12.7. The van der Waals surface area contributed by atoms with Gasteiger partial charge in [0.15, 0.2) is 5.13 Å². The Labute approximate surface area is 122 Å². The van der Waals surface area contributed by atoms with Crippen molar-refractivity contribution < 1.29 is 0 Å². The SMILES string of the molecule is CCC(C)Nc1nc(-c2cc(C(C)C)n[nH]c2=O)cs1. The van der Waals surface area contributed by atoms with Crippen LogP contribution in [-0.4, -0.2) is 21.2 Å². The van der Waals surface area contributed by atoms with Gasteiger partial charge in [-0.2, -0.15) is 5.10 Å². The summed E-state index contributed by atoms with van der Waals surface area (Å²) < 4.78 is 0. The second-order valence-electron chi connectivity index (χ2n) is 5.18. The number of aromatic nitrogens is 3. The summed E-state index contributed by atoms with van der Waals surface area (Å²) in [6, 6.07) is 2.20. The van der Waals surface area contributed by atoms with Crippen molar-refractivity contribution in [1.29, 1.82) is 0 Å². The zero-order valence-electron chi connectivity index (χ0n) is 12.2. The first-order valence-electron chi connectivity index (χ1n) is 6.83. The van der Waals surface area contributed by atoms with Gasteiger partial charge in [-0.25, -0.2) is 10.1 Å². The van der Waals surface area contributed by atoms with E-state index in [9.17, 15) is 4.79 Å². The Morgan fingerprint density at radius 3 is 2.80 bits per heavy atom. The van der Waals surface area contributed by atoms with Crippen molar-refractivity contribution in [1.82, 2.24) is 15.2 Å². The minimum atomic E-state index is -0.199. The highest BCUT2D eigenvalue weighted by Crippen LogP contribution is 2.24. The molecule has 108 valence electrons. The van der Waals surface area contributed by atoms with E-state index in [2.05, 4.69) is 34.3 Å². The number of hydrogen-bond donors (Lipinski definition) is 2. The molecule has 1 atom stereocenters. The van der Waals surface area contributed by atoms with Crippen molar-refractivity contribution in [2.24, 2.45) is 0 Å². The number of thiazole rings is 1. The van der Waals surface area contributed by atoms with E-state index >= 15 is 0 Å². The van der Waals surface area contributed by atoms with Crippen LogP contribution in [0.3, 0.4) is 0 Å². The van der Waals surface area contributed by atoms with E-state index in [0.717, 1.165) is 17.2 Å². The molecule has 1 unspecified atom stereocenters. The fourth-order valence-corrected chi connectivity index (χ4v) is 2.51. The highest BCUT2D eigenvalue weighted by Gasteiger charge is 2.12. The van der Waals surface area contributed by atoms with Crippen molar-refractivity contribution in [2.45, 2.75) is 46.1 Å². The molecule has 0 bridgehead atoms. The van der Waals surface area contributed by atoms with Gasteiger partial charge in [0.2, 0.25) is 0 Å². The maximum Gasteiger partial charge on any atom is 0.273 e. The molecule has 2 aromatic heterocycles. The number of aromatic amines is 1. The lowest BCUT2D eigenvalue weighted by Gasteiger charge is -2.08. The molecule has 0 fully saturated rings. The van der Waals surface area contributed by atoms with Gasteiger partial charge >= 0.3 is 0 Å². The summed E-state index contributed by atoms with van der Waals surface area (Å²) in [5.41, 5.74) is 1.95. The van der Waals surface area contributed by atoms with Crippen LogP contribution in [0.4, 0.5) is 5.13 Å². The van der Waals surface area contributed by atoms with Gasteiger partial charge in [-0.1, -0.05) is 20.8 Å². The molecular formula is C14H20N4OS. The van der Waals surface area contributed by atoms with Gasteiger partial charge in [0.05, 0.1) is 17.0 Å². The number of hydrogen-bond acceptors (Lipinski definition) is 5. The first-order valence-corrected chi connectivity index (χ1v) is 7.71. The van der Waals surface area contributed by atoms with Crippen LogP contribution in [0, 0.1) is 0 Å². The van der Waals surface area contributed by atoms with Crippen LogP contribution < -0.4 is 10.9 Å². The molecule has 20 heavy (non-hydrogen) atoms. The van der Waals surface area contributed by atoms with Crippen molar-refractivity contribution in [3.63, 3.8) is 0 Å². The average Bonchev–Trinajstić information content (AvgIpc) is 2.87. The molecule has 0 aliphatic rings. The summed E-state index contributed by atoms with van der Waals surface area (Å²) in [4.78, 5) is 16.4. The molecule has 2 heterocycles. The van der Waals surface area contributed by atoms with Gasteiger partial charge in [-0.3, -0.25) is 4.79 Å². The highest BCUT2D eigenvalue weighted by molar-refractivity contribution is 7.14. The lowest BCUT2D eigenvalue weighted by Crippen LogP contribution is -2.14. The number of H-pyrrole nitrogens is 1. The average molecular weight is 292 g/mol. The van der Waals surface area contributed by atoms with Crippen molar-refractivity contribution in [3.8, 4) is 11.3 Å². The van der Waals surface area contributed by atoms with Crippen molar-refractivity contribution in [3.05, 3.63) is 27.5 Å². The number of nitrogens with zero attached hydrogens (tertiary/aromatic N) is 2. The minimum absolute atomic E-state index is 0.199. The topological polar surface area (TPSA) is 70.7 Å². The molecule has 6 heteroatoms. The fraction of sp³-hybridized carbons (Fsp3) is 0.500. The zero-order valence-corrected chi connectivity index (χ0v) is 13.0. The molecular weight excluding hydrogens is 272 g/mol. The molecule has 0 saturated carbocycles. The van der Waals surface area contributed by atoms with Crippen LogP contribution in [0.2, 0.25) is 0 Å². The molecule has 0 amide bonds. The fourth-order valence-electron chi connectivity index (χ4n) is 1.68. The molecule has 0 saturated heterocycles. The quantitative estimate of drug-likeness (QED) is 0.887. The summed E-state index contributed by atoms with van der Waals surface area (Å²) >= 11 is 1.52. The van der Waals surface area contributed by atoms with Gasteiger partial charge in [-0.05, 0) is 25.3 Å². The van der Waals surface area contributed by atoms with Crippen LogP contribution in [0.15, 0.2) is 16.2 Å². The van der Waals surface area contributed by atoms with Gasteiger partial charge in [0.25, 0.3) is 5.56 Å². The monoisotopic (exact) mass is 292 g/mol. The maximum atomic E-state index is 11.9. The van der Waals surface area contributed by atoms with Crippen LogP contribution >= 0.6 is 11.3 Å². The predicted molar refractivity (Wildman–Crippen MR) is 83.4 cm³/mol. The van der Waals surface area contributed by atoms with Gasteiger partial charge in [0.1, 0.15) is 0 Å². The van der Waals surface area contributed by atoms with Crippen LogP contribution in [0.25, 0.3) is 11.3 Å². The zero-order chi connectivity index (χ0) is 14.7. The first-order chi connectivity index (χ1) is 9.51. The molecule has 0 radical (unpaired) electrons. The van der Waals surface area contributed by atoms with E-state index < -0.39 is 0 Å². The first kappa shape index (κ1) is 14.7. The highest BCUT2D eigenvalue weighted by atomic mass is 32.1. The Bertz CT molecular complexity index is 632. The Morgan fingerprint density at radius 1 is 1.40 bits per heavy atom. The van der Waals surface area contributed by atoms with E-state index in [1.165, 1.54) is 11.3 Å². The minimum Gasteiger partial charge on any atom is -0.359 e. The second-order valence-corrected chi connectivity index (χ2v) is 6.04. The number of rotatable bonds is 5. The summed E-state index contributed by atoms with van der Waals surface area (Å²) in [5.74, 6) is 0.266. The Hall–Kier alpha value is -1.69.